The van der Waals surface area contributed by atoms with E-state index >= 15 is 0 Å². The summed E-state index contributed by atoms with van der Waals surface area (Å²) in [6, 6.07) is 16.9. The summed E-state index contributed by atoms with van der Waals surface area (Å²) in [4.78, 5) is 5.48. The second kappa shape index (κ2) is 6.99. The second-order valence-electron chi connectivity index (χ2n) is 3.91. The van der Waals surface area contributed by atoms with E-state index < -0.39 is 0 Å². The van der Waals surface area contributed by atoms with Gasteiger partial charge in [-0.15, -0.1) is 45.3 Å². The van der Waals surface area contributed by atoms with Gasteiger partial charge in [-0.1, -0.05) is 24.3 Å². The predicted octanol–water partition coefficient (Wildman–Crippen LogP) is 6.95. The lowest BCUT2D eigenvalue weighted by molar-refractivity contribution is 1.93. The molecule has 0 aliphatic carbocycles. The van der Waals surface area contributed by atoms with E-state index in [1.165, 1.54) is 19.5 Å². The molecule has 100 valence electrons. The number of hydrogen-bond donors (Lipinski definition) is 0. The van der Waals surface area contributed by atoms with Crippen molar-refractivity contribution in [1.82, 2.24) is 0 Å². The maximum atomic E-state index is 2.15. The molecule has 0 amide bonds. The minimum Gasteiger partial charge on any atom is -0.143 e. The largest absolute Gasteiger partial charge is 0.143 e. The Labute approximate surface area is 134 Å². The molecule has 0 spiro atoms. The molecule has 0 aliphatic rings. The molecular formula is C16H12S4. The minimum absolute atomic E-state index is 1.37. The summed E-state index contributed by atoms with van der Waals surface area (Å²) in [5, 5.41) is 8.42. The van der Waals surface area contributed by atoms with E-state index in [4.69, 9.17) is 0 Å². The molecular weight excluding hydrogens is 320 g/mol. The van der Waals surface area contributed by atoms with Crippen LogP contribution in [0.5, 0.6) is 0 Å². The maximum absolute atomic E-state index is 2.15. The molecule has 0 N–H and O–H groups in total. The second-order valence-corrected chi connectivity index (χ2v) is 7.70. The Morgan fingerprint density at radius 2 is 0.650 bits per heavy atom. The van der Waals surface area contributed by atoms with E-state index in [1.807, 2.05) is 0 Å². The summed E-state index contributed by atoms with van der Waals surface area (Å²) < 4.78 is 0. The van der Waals surface area contributed by atoms with Crippen LogP contribution in [0.25, 0.3) is 19.5 Å². The Kier molecular flexibility index (Phi) is 4.82. The molecule has 0 radical (unpaired) electrons. The molecule has 0 saturated carbocycles. The normalized spacial score (nSPS) is 10.0. The van der Waals surface area contributed by atoms with Gasteiger partial charge in [0.1, 0.15) is 0 Å². The summed E-state index contributed by atoms with van der Waals surface area (Å²) in [5.41, 5.74) is 0. The zero-order valence-corrected chi connectivity index (χ0v) is 13.8. The van der Waals surface area contributed by atoms with Gasteiger partial charge < -0.3 is 0 Å². The Morgan fingerprint density at radius 3 is 0.800 bits per heavy atom. The lowest BCUT2D eigenvalue weighted by Crippen LogP contribution is -1.55. The summed E-state index contributed by atoms with van der Waals surface area (Å²) in [6.07, 6.45) is 0. The molecule has 0 atom stereocenters. The van der Waals surface area contributed by atoms with Crippen molar-refractivity contribution >= 4 is 45.3 Å². The van der Waals surface area contributed by atoms with E-state index in [9.17, 15) is 0 Å². The SMILES string of the molecule is c1csc(-c2cccs2)c1.c1csc(-c2cccs2)c1. The summed E-state index contributed by atoms with van der Waals surface area (Å²) in [6.45, 7) is 0. The van der Waals surface area contributed by atoms with Crippen LogP contribution in [0.2, 0.25) is 0 Å². The van der Waals surface area contributed by atoms with Crippen LogP contribution in [-0.4, -0.2) is 0 Å². The zero-order chi connectivity index (χ0) is 13.6. The summed E-state index contributed by atoms with van der Waals surface area (Å²) in [7, 11) is 0. The van der Waals surface area contributed by atoms with Crippen molar-refractivity contribution in [1.29, 1.82) is 0 Å². The standard InChI is InChI=1S/2C8H6S2/c2*1-3-7(9-5-1)8-4-2-6-10-8/h2*1-6H. The van der Waals surface area contributed by atoms with Gasteiger partial charge in [0.15, 0.2) is 0 Å². The highest BCUT2D eigenvalue weighted by Gasteiger charge is 1.97. The van der Waals surface area contributed by atoms with E-state index in [-0.39, 0.29) is 0 Å². The van der Waals surface area contributed by atoms with Crippen molar-refractivity contribution in [2.24, 2.45) is 0 Å². The van der Waals surface area contributed by atoms with Gasteiger partial charge in [-0.2, -0.15) is 0 Å². The first-order chi connectivity index (χ1) is 9.93. The Balaban J connectivity index is 0.000000121. The van der Waals surface area contributed by atoms with Crippen LogP contribution in [0.3, 0.4) is 0 Å². The molecule has 4 aromatic rings. The molecule has 0 fully saturated rings. The van der Waals surface area contributed by atoms with Gasteiger partial charge in [-0.25, -0.2) is 0 Å². The Bertz CT molecular complexity index is 558. The smallest absolute Gasteiger partial charge is 0.0442 e. The van der Waals surface area contributed by atoms with Crippen LogP contribution in [0.1, 0.15) is 0 Å². The first-order valence-electron chi connectivity index (χ1n) is 6.08. The van der Waals surface area contributed by atoms with Crippen molar-refractivity contribution < 1.29 is 0 Å². The van der Waals surface area contributed by atoms with E-state index in [0.29, 0.717) is 0 Å². The molecule has 0 bridgehead atoms. The highest BCUT2D eigenvalue weighted by atomic mass is 32.1. The van der Waals surface area contributed by atoms with Crippen molar-refractivity contribution in [2.75, 3.05) is 0 Å². The molecule has 4 aromatic heterocycles. The van der Waals surface area contributed by atoms with Crippen molar-refractivity contribution in [3.05, 3.63) is 70.1 Å². The van der Waals surface area contributed by atoms with Gasteiger partial charge in [-0.3, -0.25) is 0 Å². The van der Waals surface area contributed by atoms with Crippen LogP contribution in [0.4, 0.5) is 0 Å². The Morgan fingerprint density at radius 1 is 0.400 bits per heavy atom. The van der Waals surface area contributed by atoms with Crippen LogP contribution >= 0.6 is 45.3 Å². The van der Waals surface area contributed by atoms with Gasteiger partial charge in [0.05, 0.1) is 0 Å². The molecule has 0 nitrogen and oxygen atoms in total. The summed E-state index contributed by atoms with van der Waals surface area (Å²) in [5.74, 6) is 0. The Hall–Kier alpha value is -1.20. The molecule has 0 saturated heterocycles. The van der Waals surface area contributed by atoms with E-state index in [1.54, 1.807) is 45.3 Å². The van der Waals surface area contributed by atoms with Gasteiger partial charge in [0.2, 0.25) is 0 Å². The topological polar surface area (TPSA) is 0 Å². The first-order valence-corrected chi connectivity index (χ1v) is 9.60. The van der Waals surface area contributed by atoms with Crippen LogP contribution in [-0.2, 0) is 0 Å². The fourth-order valence-corrected chi connectivity index (χ4v) is 4.83. The predicted molar refractivity (Wildman–Crippen MR) is 95.3 cm³/mol. The van der Waals surface area contributed by atoms with E-state index in [2.05, 4.69) is 70.1 Å². The summed E-state index contributed by atoms with van der Waals surface area (Å²) >= 11 is 7.16. The number of thiophene rings is 4. The van der Waals surface area contributed by atoms with Gasteiger partial charge in [0, 0.05) is 19.5 Å². The molecule has 0 aliphatic heterocycles. The number of rotatable bonds is 2. The van der Waals surface area contributed by atoms with Crippen LogP contribution in [0.15, 0.2) is 70.1 Å². The third-order valence-electron chi connectivity index (χ3n) is 2.57. The van der Waals surface area contributed by atoms with E-state index in [0.717, 1.165) is 0 Å². The van der Waals surface area contributed by atoms with Crippen LogP contribution < -0.4 is 0 Å². The fourth-order valence-electron chi connectivity index (χ4n) is 1.68. The zero-order valence-electron chi connectivity index (χ0n) is 10.6. The van der Waals surface area contributed by atoms with Gasteiger partial charge >= 0.3 is 0 Å². The maximum Gasteiger partial charge on any atom is 0.0442 e. The third-order valence-corrected chi connectivity index (χ3v) is 6.44. The molecule has 4 rings (SSSR count). The average Bonchev–Trinajstić information content (AvgIpc) is 3.29. The van der Waals surface area contributed by atoms with Crippen molar-refractivity contribution in [3.63, 3.8) is 0 Å². The van der Waals surface area contributed by atoms with Crippen molar-refractivity contribution in [2.45, 2.75) is 0 Å². The molecule has 0 aromatic carbocycles. The van der Waals surface area contributed by atoms with Gasteiger partial charge in [-0.05, 0) is 45.8 Å². The minimum atomic E-state index is 1.37. The lowest BCUT2D eigenvalue weighted by atomic mass is 10.4. The average molecular weight is 333 g/mol. The lowest BCUT2D eigenvalue weighted by Gasteiger charge is -1.84. The molecule has 0 unspecified atom stereocenters. The third kappa shape index (κ3) is 3.46. The van der Waals surface area contributed by atoms with Crippen molar-refractivity contribution in [3.8, 4) is 19.5 Å². The fraction of sp³-hybridized carbons (Fsp3) is 0. The highest BCUT2D eigenvalue weighted by Crippen LogP contribution is 2.29. The first kappa shape index (κ1) is 13.8. The monoisotopic (exact) mass is 332 g/mol. The van der Waals surface area contributed by atoms with Crippen LogP contribution in [0, 0.1) is 0 Å². The molecule has 4 heterocycles. The van der Waals surface area contributed by atoms with Gasteiger partial charge in [0.25, 0.3) is 0 Å². The molecule has 4 heteroatoms. The highest BCUT2D eigenvalue weighted by molar-refractivity contribution is 7.20. The quantitative estimate of drug-likeness (QED) is 0.372. The molecule has 20 heavy (non-hydrogen) atoms. The number of hydrogen-bond acceptors (Lipinski definition) is 4.